The van der Waals surface area contributed by atoms with E-state index in [0.717, 1.165) is 193 Å². The summed E-state index contributed by atoms with van der Waals surface area (Å²) in [5.74, 6) is 3.47. The number of ether oxygens (including phenoxy) is 4. The number of benzene rings is 1. The van der Waals surface area contributed by atoms with Crippen molar-refractivity contribution in [2.75, 3.05) is 51.1 Å². The van der Waals surface area contributed by atoms with E-state index >= 15 is 0 Å². The number of nitrogens with zero attached hydrogens (tertiary/aromatic N) is 4. The molecule has 80 heavy (non-hydrogen) atoms. The largest absolute Gasteiger partial charge is 0.493 e. The molecule has 2 N–H and O–H groups in total. The molecule has 0 spiro atoms. The van der Waals surface area contributed by atoms with Gasteiger partial charge in [0.25, 0.3) is 0 Å². The van der Waals surface area contributed by atoms with E-state index in [0.29, 0.717) is 64.0 Å². The van der Waals surface area contributed by atoms with Gasteiger partial charge in [-0.3, -0.25) is 9.59 Å². The summed E-state index contributed by atoms with van der Waals surface area (Å²) in [5, 5.41) is 0. The Morgan fingerprint density at radius 3 is 1.41 bits per heavy atom. The molecule has 6 heterocycles. The van der Waals surface area contributed by atoms with Gasteiger partial charge < -0.3 is 33.5 Å². The van der Waals surface area contributed by atoms with Crippen molar-refractivity contribution in [2.24, 2.45) is 7.05 Å². The fourth-order valence-corrected chi connectivity index (χ4v) is 10.7. The molecule has 4 aromatic heterocycles. The van der Waals surface area contributed by atoms with E-state index in [1.165, 1.54) is 25.7 Å². The summed E-state index contributed by atoms with van der Waals surface area (Å²) in [7, 11) is 2.01. The van der Waals surface area contributed by atoms with Gasteiger partial charge in [-0.25, -0.2) is 15.0 Å². The summed E-state index contributed by atoms with van der Waals surface area (Å²) in [4.78, 5) is 46.8. The lowest BCUT2D eigenvalue weighted by Gasteiger charge is -2.14. The minimum Gasteiger partial charge on any atom is -0.493 e. The van der Waals surface area contributed by atoms with Crippen molar-refractivity contribution in [3.05, 3.63) is 114 Å². The number of ketones is 2. The van der Waals surface area contributed by atoms with Crippen LogP contribution in [0.15, 0.2) is 80.2 Å². The van der Waals surface area contributed by atoms with Gasteiger partial charge in [0.2, 0.25) is 0 Å². The second-order valence-corrected chi connectivity index (χ2v) is 21.6. The number of rotatable bonds is 40. The second-order valence-electron chi connectivity index (χ2n) is 20.9. The van der Waals surface area contributed by atoms with Gasteiger partial charge in [0, 0.05) is 96.3 Å². The number of hydrogen-bond donors (Lipinski definition) is 4. The molecule has 0 fully saturated rings. The Morgan fingerprint density at radius 2 is 0.963 bits per heavy atom. The Hall–Kier alpha value is -5.93. The highest BCUT2D eigenvalue weighted by molar-refractivity contribution is 7.81. The zero-order valence-electron chi connectivity index (χ0n) is 47.4. The minimum atomic E-state index is 0.236. The fraction of sp³-hybridized carbons (Fsp3) is 0.470. The Kier molecular flexibility index (Phi) is 26.5. The van der Waals surface area contributed by atoms with Crippen LogP contribution < -0.4 is 9.47 Å². The van der Waals surface area contributed by atoms with Crippen molar-refractivity contribution in [1.29, 1.82) is 0 Å². The number of Topliss-reactive ketones (excluding diaryl/α,β-unsaturated/α-hetero) is 2. The van der Waals surface area contributed by atoms with Crippen LogP contribution in [0.2, 0.25) is 0 Å². The van der Waals surface area contributed by atoms with Gasteiger partial charge in [-0.1, -0.05) is 89.2 Å². The number of thiol groups is 2. The summed E-state index contributed by atoms with van der Waals surface area (Å²) in [6, 6.07) is 14.9. The molecule has 428 valence electrons. The highest BCUT2D eigenvalue weighted by Crippen LogP contribution is 2.38. The van der Waals surface area contributed by atoms with E-state index < -0.39 is 0 Å². The Bertz CT molecular complexity index is 2950. The topological polar surface area (TPSA) is 146 Å². The van der Waals surface area contributed by atoms with Crippen LogP contribution in [0.3, 0.4) is 0 Å². The highest BCUT2D eigenvalue weighted by atomic mass is 32.1. The van der Waals surface area contributed by atoms with Crippen molar-refractivity contribution in [3.8, 4) is 34.0 Å². The van der Waals surface area contributed by atoms with Crippen molar-refractivity contribution >= 4 is 83.2 Å². The number of aromatic amines is 2. The van der Waals surface area contributed by atoms with Crippen LogP contribution in [0.4, 0.5) is 0 Å². The molecular formula is C66H86N6O6S2. The number of unbranched alkanes of at least 4 members (excludes halogenated alkanes) is 14. The smallest absolute Gasteiger partial charge is 0.143 e. The number of nitrogens with one attached hydrogen (secondary N) is 2. The van der Waals surface area contributed by atoms with Crippen molar-refractivity contribution in [1.82, 2.24) is 29.5 Å². The molecule has 5 aromatic rings. The van der Waals surface area contributed by atoms with Gasteiger partial charge in [-0.2, -0.15) is 25.3 Å². The van der Waals surface area contributed by atoms with E-state index in [9.17, 15) is 9.59 Å². The lowest BCUT2D eigenvalue weighted by Crippen LogP contribution is -2.01. The van der Waals surface area contributed by atoms with Gasteiger partial charge in [-0.15, -0.1) is 13.2 Å². The standard InChI is InChI=1S/C66H86N6O6S2/c1-4-38-75-40-22-26-54-56-28-32-60(68-56)64(61-33-29-57(69-61)55(27-23-41-76-39-5-2)59-31-35-63(71-59)65(62-34-30-58(54)70-62)66-67-36-37-72(66)3)49-44-52(77-42-20-16-12-8-6-10-14-18-24-50(73)47-79)46-53(45-49)78-43-21-17-13-9-7-11-15-19-25-51(74)48-80/h4-5,28-37,44-46,68,71,79-80H,1-2,6-27,38-43,47-48H2,3H3. The van der Waals surface area contributed by atoms with Crippen molar-refractivity contribution in [2.45, 2.75) is 141 Å². The summed E-state index contributed by atoms with van der Waals surface area (Å²) in [6.45, 7) is 11.0. The maximum atomic E-state index is 11.6. The Balaban J connectivity index is 1.26. The molecule has 8 bridgehead atoms. The van der Waals surface area contributed by atoms with Crippen LogP contribution in [-0.4, -0.2) is 92.2 Å². The number of H-pyrrole nitrogens is 2. The molecule has 7 rings (SSSR count). The number of imidazole rings is 1. The van der Waals surface area contributed by atoms with Crippen LogP contribution in [0.25, 0.3) is 68.9 Å². The van der Waals surface area contributed by atoms with E-state index in [-0.39, 0.29) is 11.6 Å². The molecule has 0 saturated carbocycles. The van der Waals surface area contributed by atoms with Crippen molar-refractivity contribution < 1.29 is 28.5 Å². The third kappa shape index (κ3) is 19.1. The normalized spacial score (nSPS) is 11.9. The van der Waals surface area contributed by atoms with Crippen LogP contribution in [0, 0.1) is 0 Å². The van der Waals surface area contributed by atoms with Gasteiger partial charge >= 0.3 is 0 Å². The van der Waals surface area contributed by atoms with E-state index in [2.05, 4.69) is 109 Å². The first-order chi connectivity index (χ1) is 39.3. The third-order valence-electron chi connectivity index (χ3n) is 14.7. The highest BCUT2D eigenvalue weighted by Gasteiger charge is 2.20. The van der Waals surface area contributed by atoms with E-state index in [1.54, 1.807) is 12.2 Å². The average Bonchev–Trinajstić information content (AvgIpc) is 4.36. The molecule has 12 nitrogen and oxygen atoms in total. The van der Waals surface area contributed by atoms with Crippen molar-refractivity contribution in [3.63, 3.8) is 0 Å². The number of hydrogen-bond acceptors (Lipinski definition) is 11. The SMILES string of the molecule is C=CCOCCCc1c2nc(c(-c3nccn3C)c3ccc([nH]3)c(CCCOCC=C)c3nc(c(-c4cc(OCCCCCCCCCCC(=O)CS)cc(OCCCCCCCCCCC(=O)CS)c4)c4ccc1[nH]4)C=C3)C=C2. The van der Waals surface area contributed by atoms with Gasteiger partial charge in [-0.05, 0) is 118 Å². The third-order valence-corrected chi connectivity index (χ3v) is 15.4. The molecule has 0 saturated heterocycles. The van der Waals surface area contributed by atoms with Crippen LogP contribution in [0.5, 0.6) is 11.5 Å². The molecule has 0 amide bonds. The lowest BCUT2D eigenvalue weighted by molar-refractivity contribution is -0.117. The average molecular weight is 1120 g/mol. The molecule has 0 radical (unpaired) electrons. The molecular weight excluding hydrogens is 1040 g/mol. The molecule has 0 aliphatic carbocycles. The molecule has 0 unspecified atom stereocenters. The minimum absolute atomic E-state index is 0.236. The van der Waals surface area contributed by atoms with Crippen LogP contribution >= 0.6 is 25.3 Å². The van der Waals surface area contributed by atoms with Gasteiger partial charge in [0.15, 0.2) is 0 Å². The zero-order valence-corrected chi connectivity index (χ0v) is 49.2. The molecule has 0 atom stereocenters. The Morgan fingerprint density at radius 1 is 0.537 bits per heavy atom. The van der Waals surface area contributed by atoms with E-state index in [1.807, 2.05) is 30.1 Å². The Labute approximate surface area is 486 Å². The first-order valence-electron chi connectivity index (χ1n) is 29.4. The quantitative estimate of drug-likeness (QED) is 0.0167. The second kappa shape index (κ2) is 34.4. The maximum Gasteiger partial charge on any atom is 0.143 e. The van der Waals surface area contributed by atoms with Crippen LogP contribution in [0.1, 0.15) is 162 Å². The zero-order chi connectivity index (χ0) is 56.2. The molecule has 14 heteroatoms. The molecule has 1 aromatic carbocycles. The predicted octanol–water partition coefficient (Wildman–Crippen LogP) is 15.8. The monoisotopic (exact) mass is 1120 g/mol. The predicted molar refractivity (Wildman–Crippen MR) is 337 cm³/mol. The summed E-state index contributed by atoms with van der Waals surface area (Å²) in [6.07, 6.45) is 37.7. The fourth-order valence-electron chi connectivity index (χ4n) is 10.4. The van der Waals surface area contributed by atoms with Crippen LogP contribution in [-0.2, 0) is 39.0 Å². The first kappa shape index (κ1) is 61.7. The van der Waals surface area contributed by atoms with Gasteiger partial charge in [0.05, 0.1) is 60.3 Å². The number of carbonyl (C=O) groups excluding carboxylic acids is 2. The first-order valence-corrected chi connectivity index (χ1v) is 30.7. The van der Waals surface area contributed by atoms with Gasteiger partial charge in [0.1, 0.15) is 28.9 Å². The number of aryl methyl sites for hydroxylation is 3. The molecule has 2 aliphatic heterocycles. The number of fused-ring (bicyclic) bond motifs is 8. The summed E-state index contributed by atoms with van der Waals surface area (Å²) in [5.41, 5.74) is 12.1. The number of carbonyl (C=O) groups is 2. The molecule has 2 aliphatic rings. The summed E-state index contributed by atoms with van der Waals surface area (Å²) >= 11 is 8.22. The number of aromatic nitrogens is 6. The van der Waals surface area contributed by atoms with E-state index in [4.69, 9.17) is 33.9 Å². The maximum absolute atomic E-state index is 11.6. The lowest BCUT2D eigenvalue weighted by atomic mass is 10.0. The summed E-state index contributed by atoms with van der Waals surface area (Å²) < 4.78 is 27.2.